The van der Waals surface area contributed by atoms with E-state index >= 15 is 0 Å². The molecule has 3 aromatic rings. The first kappa shape index (κ1) is 16.9. The van der Waals surface area contributed by atoms with Crippen molar-refractivity contribution in [3.05, 3.63) is 64.9 Å². The molecule has 0 bridgehead atoms. The highest BCUT2D eigenvalue weighted by atomic mass is 35.5. The number of nitrogens with two attached hydrogens (primary N) is 1. The molecule has 0 saturated heterocycles. The molecular formula is C19H17ClN2O3. The molecule has 2 aromatic carbocycles. The Bertz CT molecular complexity index is 934. The van der Waals surface area contributed by atoms with Crippen molar-refractivity contribution >= 4 is 28.9 Å². The van der Waals surface area contributed by atoms with Crippen LogP contribution >= 0.6 is 11.6 Å². The van der Waals surface area contributed by atoms with E-state index in [-0.39, 0.29) is 11.7 Å². The van der Waals surface area contributed by atoms with Crippen LogP contribution < -0.4 is 15.8 Å². The first-order valence-electron chi connectivity index (χ1n) is 7.59. The minimum Gasteiger partial charge on any atom is -0.495 e. The first-order chi connectivity index (χ1) is 12.0. The summed E-state index contributed by atoms with van der Waals surface area (Å²) >= 11 is 6.13. The van der Waals surface area contributed by atoms with Crippen molar-refractivity contribution in [3.63, 3.8) is 0 Å². The van der Waals surface area contributed by atoms with Gasteiger partial charge in [0, 0.05) is 16.9 Å². The topological polar surface area (TPSA) is 77.5 Å². The summed E-state index contributed by atoms with van der Waals surface area (Å²) in [7, 11) is 1.55. The van der Waals surface area contributed by atoms with Gasteiger partial charge in [-0.25, -0.2) is 0 Å². The number of hydrogen-bond donors (Lipinski definition) is 2. The Labute approximate surface area is 150 Å². The molecule has 1 aromatic heterocycles. The van der Waals surface area contributed by atoms with E-state index in [1.54, 1.807) is 49.6 Å². The van der Waals surface area contributed by atoms with Crippen LogP contribution in [-0.4, -0.2) is 13.0 Å². The Hall–Kier alpha value is -2.92. The van der Waals surface area contributed by atoms with Crippen LogP contribution in [0.2, 0.25) is 5.02 Å². The third kappa shape index (κ3) is 3.61. The average Bonchev–Trinajstić information content (AvgIpc) is 3.07. The van der Waals surface area contributed by atoms with Crippen molar-refractivity contribution in [3.8, 4) is 17.1 Å². The number of anilines is 2. The molecule has 3 N–H and O–H groups in total. The molecule has 1 amide bonds. The van der Waals surface area contributed by atoms with Crippen molar-refractivity contribution in [2.45, 2.75) is 6.92 Å². The largest absolute Gasteiger partial charge is 0.495 e. The van der Waals surface area contributed by atoms with Gasteiger partial charge in [0.1, 0.15) is 11.5 Å². The van der Waals surface area contributed by atoms with E-state index in [2.05, 4.69) is 5.32 Å². The highest BCUT2D eigenvalue weighted by Gasteiger charge is 2.14. The lowest BCUT2D eigenvalue weighted by Crippen LogP contribution is -2.11. The van der Waals surface area contributed by atoms with Crippen LogP contribution in [0.15, 0.2) is 52.9 Å². The second-order valence-corrected chi connectivity index (χ2v) is 5.95. The predicted octanol–water partition coefficient (Wildman–Crippen LogP) is 4.75. The molecule has 0 spiro atoms. The maximum atomic E-state index is 12.4. The van der Waals surface area contributed by atoms with Gasteiger partial charge in [-0.15, -0.1) is 0 Å². The van der Waals surface area contributed by atoms with Crippen LogP contribution in [-0.2, 0) is 0 Å². The minimum absolute atomic E-state index is 0.207. The van der Waals surface area contributed by atoms with Gasteiger partial charge in [-0.05, 0) is 61.0 Å². The summed E-state index contributed by atoms with van der Waals surface area (Å²) in [6.45, 7) is 1.87. The average molecular weight is 357 g/mol. The maximum absolute atomic E-state index is 12.4. The molecule has 5 nitrogen and oxygen atoms in total. The van der Waals surface area contributed by atoms with Gasteiger partial charge in [-0.3, -0.25) is 4.79 Å². The summed E-state index contributed by atoms with van der Waals surface area (Å²) < 4.78 is 10.8. The van der Waals surface area contributed by atoms with E-state index in [0.29, 0.717) is 27.9 Å². The number of carbonyl (C=O) groups is 1. The number of nitrogen functional groups attached to an aromatic ring is 1. The standard InChI is InChI=1S/C19H17ClN2O3/c1-11-9-13(21)4-5-15(11)22-19(23)18-8-7-16(25-18)12-3-6-17(24-2)14(20)10-12/h3-10H,21H2,1-2H3,(H,22,23). The Morgan fingerprint density at radius 1 is 1.16 bits per heavy atom. The van der Waals surface area contributed by atoms with Crippen LogP contribution in [0.3, 0.4) is 0 Å². The third-order valence-corrected chi connectivity index (χ3v) is 4.06. The van der Waals surface area contributed by atoms with Crippen LogP contribution in [0.4, 0.5) is 11.4 Å². The van der Waals surface area contributed by atoms with Crippen molar-refractivity contribution in [2.75, 3.05) is 18.2 Å². The second-order valence-electron chi connectivity index (χ2n) is 5.54. The zero-order chi connectivity index (χ0) is 18.0. The number of methoxy groups -OCH3 is 1. The number of aryl methyl sites for hydroxylation is 1. The summed E-state index contributed by atoms with van der Waals surface area (Å²) in [5.74, 6) is 0.995. The Kier molecular flexibility index (Phi) is 4.67. The molecule has 0 unspecified atom stereocenters. The monoisotopic (exact) mass is 356 g/mol. The smallest absolute Gasteiger partial charge is 0.291 e. The number of hydrogen-bond acceptors (Lipinski definition) is 4. The van der Waals surface area contributed by atoms with E-state index in [1.165, 1.54) is 0 Å². The zero-order valence-corrected chi connectivity index (χ0v) is 14.6. The van der Waals surface area contributed by atoms with Gasteiger partial charge in [0.15, 0.2) is 5.76 Å². The molecule has 6 heteroatoms. The van der Waals surface area contributed by atoms with Crippen LogP contribution in [0.1, 0.15) is 16.1 Å². The van der Waals surface area contributed by atoms with Gasteiger partial charge in [-0.1, -0.05) is 11.6 Å². The lowest BCUT2D eigenvalue weighted by Gasteiger charge is -2.07. The summed E-state index contributed by atoms with van der Waals surface area (Å²) in [5, 5.41) is 3.29. The lowest BCUT2D eigenvalue weighted by molar-refractivity contribution is 0.0997. The number of furan rings is 1. The molecular weight excluding hydrogens is 340 g/mol. The molecule has 1 heterocycles. The number of benzene rings is 2. The van der Waals surface area contributed by atoms with Gasteiger partial charge in [0.2, 0.25) is 0 Å². The molecule has 0 aliphatic carbocycles. The molecule has 0 atom stereocenters. The lowest BCUT2D eigenvalue weighted by atomic mass is 10.1. The highest BCUT2D eigenvalue weighted by Crippen LogP contribution is 2.31. The quantitative estimate of drug-likeness (QED) is 0.661. The minimum atomic E-state index is -0.335. The van der Waals surface area contributed by atoms with Gasteiger partial charge in [-0.2, -0.15) is 0 Å². The van der Waals surface area contributed by atoms with Crippen molar-refractivity contribution < 1.29 is 13.9 Å². The van der Waals surface area contributed by atoms with Gasteiger partial charge in [0.05, 0.1) is 12.1 Å². The van der Waals surface area contributed by atoms with E-state index in [0.717, 1.165) is 11.1 Å². The van der Waals surface area contributed by atoms with E-state index < -0.39 is 0 Å². The highest BCUT2D eigenvalue weighted by molar-refractivity contribution is 6.32. The third-order valence-electron chi connectivity index (χ3n) is 3.76. The number of halogens is 1. The summed E-state index contributed by atoms with van der Waals surface area (Å²) in [4.78, 5) is 12.4. The molecule has 0 aliphatic rings. The predicted molar refractivity (Wildman–Crippen MR) is 99.3 cm³/mol. The molecule has 0 saturated carbocycles. The van der Waals surface area contributed by atoms with E-state index in [9.17, 15) is 4.79 Å². The molecule has 0 aliphatic heterocycles. The Morgan fingerprint density at radius 3 is 2.64 bits per heavy atom. The SMILES string of the molecule is COc1ccc(-c2ccc(C(=O)Nc3ccc(N)cc3C)o2)cc1Cl. The van der Waals surface area contributed by atoms with Crippen molar-refractivity contribution in [1.29, 1.82) is 0 Å². The Balaban J connectivity index is 1.81. The van der Waals surface area contributed by atoms with Crippen molar-refractivity contribution in [1.82, 2.24) is 0 Å². The molecule has 128 valence electrons. The summed E-state index contributed by atoms with van der Waals surface area (Å²) in [5.41, 5.74) is 8.68. The number of nitrogens with one attached hydrogen (secondary N) is 1. The first-order valence-corrected chi connectivity index (χ1v) is 7.97. The molecule has 0 fully saturated rings. The van der Waals surface area contributed by atoms with Crippen LogP contribution in [0, 0.1) is 6.92 Å². The number of amides is 1. The maximum Gasteiger partial charge on any atom is 0.291 e. The van der Waals surface area contributed by atoms with E-state index in [4.69, 9.17) is 26.5 Å². The van der Waals surface area contributed by atoms with Gasteiger partial charge >= 0.3 is 0 Å². The summed E-state index contributed by atoms with van der Waals surface area (Å²) in [6.07, 6.45) is 0. The molecule has 25 heavy (non-hydrogen) atoms. The zero-order valence-electron chi connectivity index (χ0n) is 13.8. The Morgan fingerprint density at radius 2 is 1.96 bits per heavy atom. The van der Waals surface area contributed by atoms with Crippen LogP contribution in [0.5, 0.6) is 5.75 Å². The van der Waals surface area contributed by atoms with Crippen LogP contribution in [0.25, 0.3) is 11.3 Å². The van der Waals surface area contributed by atoms with Crippen molar-refractivity contribution in [2.24, 2.45) is 0 Å². The normalized spacial score (nSPS) is 10.5. The fraction of sp³-hybridized carbons (Fsp3) is 0.105. The van der Waals surface area contributed by atoms with Gasteiger partial charge < -0.3 is 20.2 Å². The fourth-order valence-corrected chi connectivity index (χ4v) is 2.70. The fourth-order valence-electron chi connectivity index (χ4n) is 2.45. The number of ether oxygens (including phenoxy) is 1. The van der Waals surface area contributed by atoms with E-state index in [1.807, 2.05) is 13.0 Å². The number of rotatable bonds is 4. The second kappa shape index (κ2) is 6.91. The molecule has 3 rings (SSSR count). The van der Waals surface area contributed by atoms with Gasteiger partial charge in [0.25, 0.3) is 5.91 Å². The summed E-state index contributed by atoms with van der Waals surface area (Å²) in [6, 6.07) is 13.9. The molecule has 0 radical (unpaired) electrons. The number of carbonyl (C=O) groups excluding carboxylic acids is 1.